The lowest BCUT2D eigenvalue weighted by molar-refractivity contribution is 0.592. The molecular formula is C16H17N3O2S. The van der Waals surface area contributed by atoms with Crippen molar-refractivity contribution >= 4 is 21.7 Å². The average Bonchev–Trinajstić information content (AvgIpc) is 2.68. The molecule has 114 valence electrons. The predicted octanol–water partition coefficient (Wildman–Crippen LogP) is 2.30. The van der Waals surface area contributed by atoms with E-state index in [2.05, 4.69) is 15.0 Å². The Hall–Kier alpha value is -2.34. The maximum Gasteiger partial charge on any atom is 0.264 e. The lowest BCUT2D eigenvalue weighted by atomic mass is 10.1. The van der Waals surface area contributed by atoms with Crippen LogP contribution in [0.3, 0.4) is 0 Å². The Kier molecular flexibility index (Phi) is 3.85. The van der Waals surface area contributed by atoms with E-state index < -0.39 is 10.0 Å². The third-order valence-electron chi connectivity index (χ3n) is 3.48. The number of hydrogen-bond donors (Lipinski definition) is 2. The van der Waals surface area contributed by atoms with Gasteiger partial charge in [0.2, 0.25) is 5.96 Å². The van der Waals surface area contributed by atoms with E-state index in [0.717, 1.165) is 23.2 Å². The minimum Gasteiger partial charge on any atom is -0.325 e. The lowest BCUT2D eigenvalue weighted by Gasteiger charge is -2.12. The number of para-hydroxylation sites is 1. The third kappa shape index (κ3) is 3.12. The Morgan fingerprint density at radius 2 is 1.82 bits per heavy atom. The van der Waals surface area contributed by atoms with Crippen LogP contribution in [0.1, 0.15) is 11.1 Å². The fraction of sp³-hybridized carbons (Fsp3) is 0.188. The van der Waals surface area contributed by atoms with Crippen molar-refractivity contribution in [1.29, 1.82) is 0 Å². The van der Waals surface area contributed by atoms with Gasteiger partial charge in [0.25, 0.3) is 10.0 Å². The summed E-state index contributed by atoms with van der Waals surface area (Å²) < 4.78 is 27.3. The standard InChI is InChI=1S/C16H17N3O2S/c1-12-6-8-14(9-7-12)22(20,21)19-16-17-11-10-13-4-2-3-5-15(13)18-16/h2-9H,10-11H2,1H3,(H2,17,18,19). The fourth-order valence-corrected chi connectivity index (χ4v) is 3.26. The highest BCUT2D eigenvalue weighted by molar-refractivity contribution is 7.90. The van der Waals surface area contributed by atoms with Gasteiger partial charge in [-0.1, -0.05) is 35.9 Å². The summed E-state index contributed by atoms with van der Waals surface area (Å²) in [6, 6.07) is 14.5. The van der Waals surface area contributed by atoms with E-state index in [4.69, 9.17) is 0 Å². The van der Waals surface area contributed by atoms with Crippen molar-refractivity contribution in [2.75, 3.05) is 11.9 Å². The van der Waals surface area contributed by atoms with E-state index in [1.54, 1.807) is 24.3 Å². The van der Waals surface area contributed by atoms with E-state index in [1.165, 1.54) is 0 Å². The number of aliphatic imine (C=N–C) groups is 1. The van der Waals surface area contributed by atoms with Gasteiger partial charge in [-0.05, 0) is 37.1 Å². The van der Waals surface area contributed by atoms with Crippen LogP contribution in [-0.4, -0.2) is 20.9 Å². The first-order valence-corrected chi connectivity index (χ1v) is 8.52. The molecule has 0 aromatic heterocycles. The molecule has 1 aliphatic rings. The molecule has 0 saturated carbocycles. The number of nitrogens with zero attached hydrogens (tertiary/aromatic N) is 1. The topological polar surface area (TPSA) is 70.6 Å². The highest BCUT2D eigenvalue weighted by Gasteiger charge is 2.18. The second-order valence-corrected chi connectivity index (χ2v) is 6.86. The molecule has 0 bridgehead atoms. The normalized spacial score (nSPS) is 14.3. The van der Waals surface area contributed by atoms with Crippen LogP contribution in [0.2, 0.25) is 0 Å². The van der Waals surface area contributed by atoms with Crippen LogP contribution in [0.4, 0.5) is 5.69 Å². The second kappa shape index (κ2) is 5.81. The van der Waals surface area contributed by atoms with E-state index in [1.807, 2.05) is 31.2 Å². The first kappa shape index (κ1) is 14.6. The summed E-state index contributed by atoms with van der Waals surface area (Å²) in [6.45, 7) is 2.45. The SMILES string of the molecule is Cc1ccc(S(=O)(=O)NC2=NCCc3ccccc3N2)cc1. The van der Waals surface area contributed by atoms with E-state index in [9.17, 15) is 8.42 Å². The van der Waals surface area contributed by atoms with Crippen molar-refractivity contribution in [3.8, 4) is 0 Å². The zero-order chi connectivity index (χ0) is 15.6. The van der Waals surface area contributed by atoms with Gasteiger partial charge in [0.1, 0.15) is 0 Å². The van der Waals surface area contributed by atoms with Crippen LogP contribution in [0.25, 0.3) is 0 Å². The molecular weight excluding hydrogens is 298 g/mol. The van der Waals surface area contributed by atoms with Crippen molar-refractivity contribution < 1.29 is 8.42 Å². The number of benzene rings is 2. The van der Waals surface area contributed by atoms with Gasteiger partial charge in [0.05, 0.1) is 4.90 Å². The number of guanidine groups is 1. The Labute approximate surface area is 130 Å². The smallest absolute Gasteiger partial charge is 0.264 e. The highest BCUT2D eigenvalue weighted by atomic mass is 32.2. The van der Waals surface area contributed by atoms with Gasteiger partial charge < -0.3 is 5.32 Å². The summed E-state index contributed by atoms with van der Waals surface area (Å²) in [6.07, 6.45) is 0.777. The monoisotopic (exact) mass is 315 g/mol. The van der Waals surface area contributed by atoms with Crippen LogP contribution >= 0.6 is 0 Å². The van der Waals surface area contributed by atoms with Gasteiger partial charge >= 0.3 is 0 Å². The minimum atomic E-state index is -3.64. The van der Waals surface area contributed by atoms with Crippen LogP contribution in [0.5, 0.6) is 0 Å². The summed E-state index contributed by atoms with van der Waals surface area (Å²) in [5, 5.41) is 3.06. The number of sulfonamides is 1. The molecule has 3 rings (SSSR count). The molecule has 1 heterocycles. The predicted molar refractivity (Wildman–Crippen MR) is 87.6 cm³/mol. The number of anilines is 1. The van der Waals surface area contributed by atoms with Gasteiger partial charge in [-0.3, -0.25) is 4.99 Å². The molecule has 2 aromatic carbocycles. The summed E-state index contributed by atoms with van der Waals surface area (Å²) in [4.78, 5) is 4.50. The Morgan fingerprint density at radius 3 is 2.59 bits per heavy atom. The first-order valence-electron chi connectivity index (χ1n) is 7.03. The van der Waals surface area contributed by atoms with Crippen LogP contribution < -0.4 is 10.0 Å². The number of hydrogen-bond acceptors (Lipinski definition) is 4. The Balaban J connectivity index is 1.83. The van der Waals surface area contributed by atoms with Crippen LogP contribution in [0.15, 0.2) is 58.4 Å². The van der Waals surface area contributed by atoms with Crippen LogP contribution in [-0.2, 0) is 16.4 Å². The van der Waals surface area contributed by atoms with Gasteiger partial charge in [-0.2, -0.15) is 0 Å². The summed E-state index contributed by atoms with van der Waals surface area (Å²) in [5.74, 6) is 0.255. The van der Waals surface area contributed by atoms with Crippen molar-refractivity contribution in [2.45, 2.75) is 18.2 Å². The second-order valence-electron chi connectivity index (χ2n) is 5.18. The lowest BCUT2D eigenvalue weighted by Crippen LogP contribution is -2.35. The molecule has 0 unspecified atom stereocenters. The zero-order valence-corrected chi connectivity index (χ0v) is 13.0. The molecule has 5 nitrogen and oxygen atoms in total. The van der Waals surface area contributed by atoms with Gasteiger partial charge in [0, 0.05) is 12.2 Å². The molecule has 2 aromatic rings. The van der Waals surface area contributed by atoms with E-state index >= 15 is 0 Å². The molecule has 0 saturated heterocycles. The zero-order valence-electron chi connectivity index (χ0n) is 12.2. The summed E-state index contributed by atoms with van der Waals surface area (Å²) >= 11 is 0. The quantitative estimate of drug-likeness (QED) is 0.893. The maximum absolute atomic E-state index is 12.4. The molecule has 2 N–H and O–H groups in total. The average molecular weight is 315 g/mol. The summed E-state index contributed by atoms with van der Waals surface area (Å²) in [7, 11) is -3.64. The third-order valence-corrected chi connectivity index (χ3v) is 4.84. The number of aryl methyl sites for hydroxylation is 1. The van der Waals surface area contributed by atoms with Crippen molar-refractivity contribution in [3.63, 3.8) is 0 Å². The van der Waals surface area contributed by atoms with Gasteiger partial charge in [0.15, 0.2) is 0 Å². The molecule has 0 amide bonds. The number of rotatable bonds is 2. The fourth-order valence-electron chi connectivity index (χ4n) is 2.28. The van der Waals surface area contributed by atoms with Crippen molar-refractivity contribution in [3.05, 3.63) is 59.7 Å². The van der Waals surface area contributed by atoms with Gasteiger partial charge in [-0.15, -0.1) is 0 Å². The van der Waals surface area contributed by atoms with Crippen molar-refractivity contribution in [1.82, 2.24) is 4.72 Å². The van der Waals surface area contributed by atoms with Crippen LogP contribution in [0, 0.1) is 6.92 Å². The Morgan fingerprint density at radius 1 is 1.09 bits per heavy atom. The molecule has 0 fully saturated rings. The first-order chi connectivity index (χ1) is 10.5. The molecule has 0 atom stereocenters. The highest BCUT2D eigenvalue weighted by Crippen LogP contribution is 2.18. The van der Waals surface area contributed by atoms with Gasteiger partial charge in [-0.25, -0.2) is 13.1 Å². The van der Waals surface area contributed by atoms with E-state index in [-0.39, 0.29) is 10.9 Å². The molecule has 6 heteroatoms. The molecule has 22 heavy (non-hydrogen) atoms. The number of fused-ring (bicyclic) bond motifs is 1. The molecule has 1 aliphatic heterocycles. The molecule has 0 spiro atoms. The minimum absolute atomic E-state index is 0.222. The Bertz CT molecular complexity index is 812. The molecule has 0 radical (unpaired) electrons. The van der Waals surface area contributed by atoms with E-state index in [0.29, 0.717) is 6.54 Å². The largest absolute Gasteiger partial charge is 0.325 e. The number of nitrogens with one attached hydrogen (secondary N) is 2. The maximum atomic E-state index is 12.4. The molecule has 0 aliphatic carbocycles. The summed E-state index contributed by atoms with van der Waals surface area (Å²) in [5.41, 5.74) is 3.01. The van der Waals surface area contributed by atoms with Crippen molar-refractivity contribution in [2.24, 2.45) is 4.99 Å².